The lowest BCUT2D eigenvalue weighted by Gasteiger charge is -2.34. The van der Waals surface area contributed by atoms with E-state index in [2.05, 4.69) is 22.4 Å². The Bertz CT molecular complexity index is 522. The van der Waals surface area contributed by atoms with E-state index in [1.807, 2.05) is 4.90 Å². The van der Waals surface area contributed by atoms with E-state index < -0.39 is 6.10 Å². The third kappa shape index (κ3) is 4.36. The first-order chi connectivity index (χ1) is 11.7. The molecule has 1 aliphatic heterocycles. The molecule has 5 nitrogen and oxygen atoms in total. The molecule has 0 aromatic carbocycles. The van der Waals surface area contributed by atoms with Gasteiger partial charge in [-0.05, 0) is 37.1 Å². The van der Waals surface area contributed by atoms with E-state index >= 15 is 0 Å². The summed E-state index contributed by atoms with van der Waals surface area (Å²) >= 11 is 1.80. The van der Waals surface area contributed by atoms with Crippen LogP contribution < -0.4 is 0 Å². The monoisotopic (exact) mass is 352 g/mol. The van der Waals surface area contributed by atoms with Crippen molar-refractivity contribution in [3.63, 3.8) is 0 Å². The van der Waals surface area contributed by atoms with Crippen LogP contribution in [0.25, 0.3) is 0 Å². The van der Waals surface area contributed by atoms with Gasteiger partial charge < -0.3 is 14.7 Å². The van der Waals surface area contributed by atoms with Crippen LogP contribution in [0, 0.1) is 5.92 Å². The number of hydrogen-bond donors (Lipinski definition) is 1. The molecule has 0 unspecified atom stereocenters. The number of thiophene rings is 1. The zero-order chi connectivity index (χ0) is 16.9. The molecule has 2 fully saturated rings. The van der Waals surface area contributed by atoms with Crippen molar-refractivity contribution in [3.05, 3.63) is 22.4 Å². The summed E-state index contributed by atoms with van der Waals surface area (Å²) in [5.74, 6) is 0.254. The third-order valence-electron chi connectivity index (χ3n) is 5.27. The first-order valence-corrected chi connectivity index (χ1v) is 9.79. The van der Waals surface area contributed by atoms with Gasteiger partial charge in [0.15, 0.2) is 0 Å². The molecule has 24 heavy (non-hydrogen) atoms. The summed E-state index contributed by atoms with van der Waals surface area (Å²) in [7, 11) is 1.62. The van der Waals surface area contributed by atoms with E-state index in [1.54, 1.807) is 18.4 Å². The molecular formula is C18H28N2O3S. The van der Waals surface area contributed by atoms with Crippen molar-refractivity contribution in [3.8, 4) is 0 Å². The maximum atomic E-state index is 12.9. The normalized spacial score (nSPS) is 29.4. The predicted molar refractivity (Wildman–Crippen MR) is 94.9 cm³/mol. The lowest BCUT2D eigenvalue weighted by molar-refractivity contribution is -0.140. The lowest BCUT2D eigenvalue weighted by Crippen LogP contribution is -2.44. The van der Waals surface area contributed by atoms with E-state index in [-0.39, 0.29) is 17.9 Å². The number of aliphatic hydroxyl groups is 1. The summed E-state index contributed by atoms with van der Waals surface area (Å²) < 4.78 is 5.34. The Balaban J connectivity index is 1.52. The van der Waals surface area contributed by atoms with Gasteiger partial charge in [-0.15, -0.1) is 11.3 Å². The number of rotatable bonds is 4. The van der Waals surface area contributed by atoms with Crippen LogP contribution in [-0.4, -0.2) is 66.3 Å². The van der Waals surface area contributed by atoms with Crippen molar-refractivity contribution in [2.24, 2.45) is 5.92 Å². The van der Waals surface area contributed by atoms with Crippen LogP contribution >= 0.6 is 11.3 Å². The minimum Gasteiger partial charge on any atom is -0.390 e. The third-order valence-corrected chi connectivity index (χ3v) is 6.13. The molecule has 0 spiro atoms. The maximum absolute atomic E-state index is 12.9. The average Bonchev–Trinajstić information content (AvgIpc) is 2.99. The van der Waals surface area contributed by atoms with Crippen molar-refractivity contribution < 1.29 is 14.6 Å². The smallest absolute Gasteiger partial charge is 0.225 e. The highest BCUT2D eigenvalue weighted by Gasteiger charge is 2.35. The summed E-state index contributed by atoms with van der Waals surface area (Å²) in [6.07, 6.45) is 2.48. The van der Waals surface area contributed by atoms with Gasteiger partial charge in [0, 0.05) is 50.6 Å². The Labute approximate surface area is 148 Å². The van der Waals surface area contributed by atoms with Crippen LogP contribution in [0.3, 0.4) is 0 Å². The molecule has 1 aliphatic carbocycles. The Hall–Kier alpha value is -0.950. The molecule has 3 atom stereocenters. The summed E-state index contributed by atoms with van der Waals surface area (Å²) in [6, 6.07) is 4.27. The van der Waals surface area contributed by atoms with Crippen molar-refractivity contribution in [2.75, 3.05) is 33.3 Å². The molecule has 0 bridgehead atoms. The Morgan fingerprint density at radius 2 is 2.21 bits per heavy atom. The molecule has 1 N–H and O–H groups in total. The largest absolute Gasteiger partial charge is 0.390 e. The molecule has 1 saturated heterocycles. The number of aliphatic hydroxyl groups excluding tert-OH is 1. The summed E-state index contributed by atoms with van der Waals surface area (Å²) in [5.41, 5.74) is 0. The van der Waals surface area contributed by atoms with Gasteiger partial charge in [0.25, 0.3) is 0 Å². The standard InChI is InChI=1S/C18H28N2O3S/c1-23-17-12-14(5-6-16(17)21)18(22)20-8-3-7-19(9-10-20)13-15-4-2-11-24-15/h2,4,11,14,16-17,21H,3,5-10,12-13H2,1H3/t14-,16+,17-/m1/s1. The molecule has 6 heteroatoms. The fourth-order valence-corrected chi connectivity index (χ4v) is 4.57. The van der Waals surface area contributed by atoms with Crippen molar-refractivity contribution >= 4 is 17.2 Å². The Morgan fingerprint density at radius 1 is 1.33 bits per heavy atom. The zero-order valence-electron chi connectivity index (χ0n) is 14.4. The summed E-state index contributed by atoms with van der Waals surface area (Å²) in [5, 5.41) is 12.0. The van der Waals surface area contributed by atoms with Gasteiger partial charge in [-0.3, -0.25) is 9.69 Å². The van der Waals surface area contributed by atoms with E-state index in [1.165, 1.54) is 4.88 Å². The number of carbonyl (C=O) groups excluding carboxylic acids is 1. The number of hydrogen-bond acceptors (Lipinski definition) is 5. The zero-order valence-corrected chi connectivity index (χ0v) is 15.2. The van der Waals surface area contributed by atoms with Gasteiger partial charge in [-0.25, -0.2) is 0 Å². The molecular weight excluding hydrogens is 324 g/mol. The quantitative estimate of drug-likeness (QED) is 0.900. The van der Waals surface area contributed by atoms with E-state index in [0.717, 1.165) is 45.6 Å². The van der Waals surface area contributed by atoms with Gasteiger partial charge in [-0.1, -0.05) is 6.07 Å². The average molecular weight is 353 g/mol. The number of amides is 1. The SMILES string of the molecule is CO[C@@H]1C[C@H](C(=O)N2CCCN(Cc3cccs3)CC2)CC[C@@H]1O. The highest BCUT2D eigenvalue weighted by atomic mass is 32.1. The first-order valence-electron chi connectivity index (χ1n) is 8.91. The topological polar surface area (TPSA) is 53.0 Å². The second kappa shape index (κ2) is 8.43. The minimum absolute atomic E-state index is 0.00203. The number of nitrogens with zero attached hydrogens (tertiary/aromatic N) is 2. The summed E-state index contributed by atoms with van der Waals surface area (Å²) in [4.78, 5) is 18.7. The van der Waals surface area contributed by atoms with Gasteiger partial charge in [0.2, 0.25) is 5.91 Å². The lowest BCUT2D eigenvalue weighted by atomic mass is 9.84. The highest BCUT2D eigenvalue weighted by molar-refractivity contribution is 7.09. The number of carbonyl (C=O) groups is 1. The van der Waals surface area contributed by atoms with Crippen LogP contribution in [0.15, 0.2) is 17.5 Å². The number of methoxy groups -OCH3 is 1. The van der Waals surface area contributed by atoms with Crippen molar-refractivity contribution in [1.82, 2.24) is 9.80 Å². The van der Waals surface area contributed by atoms with Crippen molar-refractivity contribution in [1.29, 1.82) is 0 Å². The van der Waals surface area contributed by atoms with Gasteiger partial charge in [0.05, 0.1) is 12.2 Å². The molecule has 2 heterocycles. The second-order valence-electron chi connectivity index (χ2n) is 6.89. The van der Waals surface area contributed by atoms with Crippen LogP contribution in [0.4, 0.5) is 0 Å². The van der Waals surface area contributed by atoms with Gasteiger partial charge in [0.1, 0.15) is 0 Å². The van der Waals surface area contributed by atoms with Crippen LogP contribution in [0.2, 0.25) is 0 Å². The molecule has 3 rings (SSSR count). The van der Waals surface area contributed by atoms with E-state index in [9.17, 15) is 9.90 Å². The van der Waals surface area contributed by atoms with Crippen molar-refractivity contribution in [2.45, 2.75) is 44.4 Å². The second-order valence-corrected chi connectivity index (χ2v) is 7.92. The Morgan fingerprint density at radius 3 is 2.96 bits per heavy atom. The minimum atomic E-state index is -0.426. The molecule has 1 amide bonds. The predicted octanol–water partition coefficient (Wildman–Crippen LogP) is 1.96. The van der Waals surface area contributed by atoms with Gasteiger partial charge in [-0.2, -0.15) is 0 Å². The number of ether oxygens (including phenoxy) is 1. The maximum Gasteiger partial charge on any atom is 0.225 e. The fraction of sp³-hybridized carbons (Fsp3) is 0.722. The fourth-order valence-electron chi connectivity index (χ4n) is 3.82. The molecule has 1 aromatic heterocycles. The molecule has 1 aromatic rings. The van der Waals surface area contributed by atoms with Crippen LogP contribution in [0.5, 0.6) is 0 Å². The van der Waals surface area contributed by atoms with E-state index in [4.69, 9.17) is 4.74 Å². The molecule has 134 valence electrons. The Kier molecular flexibility index (Phi) is 6.27. The van der Waals surface area contributed by atoms with Gasteiger partial charge >= 0.3 is 0 Å². The van der Waals surface area contributed by atoms with Crippen LogP contribution in [0.1, 0.15) is 30.6 Å². The summed E-state index contributed by atoms with van der Waals surface area (Å²) in [6.45, 7) is 4.62. The highest BCUT2D eigenvalue weighted by Crippen LogP contribution is 2.28. The molecule has 2 aliphatic rings. The first kappa shape index (κ1) is 17.9. The molecule has 1 saturated carbocycles. The molecule has 0 radical (unpaired) electrons. The van der Waals surface area contributed by atoms with E-state index in [0.29, 0.717) is 12.8 Å². The van der Waals surface area contributed by atoms with Crippen LogP contribution in [-0.2, 0) is 16.1 Å².